The predicted molar refractivity (Wildman–Crippen MR) is 66.5 cm³/mol. The first kappa shape index (κ1) is 13.7. The fourth-order valence-corrected chi connectivity index (χ4v) is 1.97. The molecule has 2 N–H and O–H groups in total. The van der Waals surface area contributed by atoms with Gasteiger partial charge in [-0.25, -0.2) is 0 Å². The van der Waals surface area contributed by atoms with Gasteiger partial charge in [0.2, 0.25) is 11.8 Å². The van der Waals surface area contributed by atoms with Crippen molar-refractivity contribution < 1.29 is 9.59 Å². The third kappa shape index (κ3) is 3.30. The van der Waals surface area contributed by atoms with E-state index in [4.69, 9.17) is 0 Å². The maximum absolute atomic E-state index is 12.2. The molecular formula is C12H21N3O2. The number of hydrogen-bond donors (Lipinski definition) is 2. The highest BCUT2D eigenvalue weighted by Gasteiger charge is 2.31. The lowest BCUT2D eigenvalue weighted by molar-refractivity contribution is -0.138. The summed E-state index contributed by atoms with van der Waals surface area (Å²) in [6.45, 7) is 5.62. The number of carbonyl (C=O) groups excluding carboxylic acids is 2. The minimum Gasteiger partial charge on any atom is -0.357 e. The van der Waals surface area contributed by atoms with Gasteiger partial charge >= 0.3 is 0 Å². The van der Waals surface area contributed by atoms with E-state index in [1.54, 1.807) is 18.9 Å². The summed E-state index contributed by atoms with van der Waals surface area (Å²) in [6, 6.07) is -0.401. The fraction of sp³-hybridized carbons (Fsp3) is 0.667. The van der Waals surface area contributed by atoms with Crippen molar-refractivity contribution in [3.05, 3.63) is 11.6 Å². The van der Waals surface area contributed by atoms with Gasteiger partial charge < -0.3 is 15.5 Å². The number of amides is 2. The van der Waals surface area contributed by atoms with Gasteiger partial charge in [-0.3, -0.25) is 9.59 Å². The SMILES string of the molecule is CCC=C(C)C(=O)N1CCNCC1C(=O)NC. The molecule has 0 aromatic heterocycles. The Hall–Kier alpha value is -1.36. The standard InChI is InChI=1S/C12H21N3O2/c1-4-5-9(2)12(17)15-7-6-14-8-10(15)11(16)13-3/h5,10,14H,4,6-8H2,1-3H3,(H,13,16). The van der Waals surface area contributed by atoms with Crippen LogP contribution in [0.25, 0.3) is 0 Å². The molecule has 1 aliphatic heterocycles. The minimum absolute atomic E-state index is 0.0399. The van der Waals surface area contributed by atoms with Gasteiger partial charge in [0, 0.05) is 32.3 Å². The van der Waals surface area contributed by atoms with E-state index >= 15 is 0 Å². The van der Waals surface area contributed by atoms with E-state index < -0.39 is 6.04 Å². The lowest BCUT2D eigenvalue weighted by atomic mass is 10.1. The zero-order chi connectivity index (χ0) is 12.8. The Balaban J connectivity index is 2.81. The number of allylic oxidation sites excluding steroid dienone is 1. The summed E-state index contributed by atoms with van der Waals surface area (Å²) in [5.74, 6) is -0.156. The quantitative estimate of drug-likeness (QED) is 0.676. The second-order valence-electron chi connectivity index (χ2n) is 4.13. The van der Waals surface area contributed by atoms with Gasteiger partial charge in [-0.1, -0.05) is 13.0 Å². The average Bonchev–Trinajstić information content (AvgIpc) is 2.37. The molecule has 0 aliphatic carbocycles. The zero-order valence-corrected chi connectivity index (χ0v) is 10.7. The third-order valence-electron chi connectivity index (χ3n) is 2.90. The van der Waals surface area contributed by atoms with Crippen LogP contribution >= 0.6 is 0 Å². The van der Waals surface area contributed by atoms with E-state index in [2.05, 4.69) is 10.6 Å². The highest BCUT2D eigenvalue weighted by Crippen LogP contribution is 2.09. The van der Waals surface area contributed by atoms with Gasteiger partial charge in [-0.15, -0.1) is 0 Å². The first-order valence-corrected chi connectivity index (χ1v) is 6.01. The van der Waals surface area contributed by atoms with Crippen LogP contribution in [0.15, 0.2) is 11.6 Å². The summed E-state index contributed by atoms with van der Waals surface area (Å²) in [5, 5.41) is 5.73. The Morgan fingerprint density at radius 2 is 2.24 bits per heavy atom. The molecule has 1 rings (SSSR count). The van der Waals surface area contributed by atoms with Crippen LogP contribution in [-0.4, -0.2) is 49.4 Å². The molecule has 1 aliphatic rings. The van der Waals surface area contributed by atoms with Crippen LogP contribution in [0.4, 0.5) is 0 Å². The topological polar surface area (TPSA) is 61.4 Å². The molecule has 1 heterocycles. The van der Waals surface area contributed by atoms with Gasteiger partial charge in [-0.2, -0.15) is 0 Å². The van der Waals surface area contributed by atoms with Crippen molar-refractivity contribution in [1.82, 2.24) is 15.5 Å². The maximum Gasteiger partial charge on any atom is 0.249 e. The van der Waals surface area contributed by atoms with Crippen LogP contribution in [-0.2, 0) is 9.59 Å². The lowest BCUT2D eigenvalue weighted by Crippen LogP contribution is -2.59. The summed E-state index contributed by atoms with van der Waals surface area (Å²) in [7, 11) is 1.59. The van der Waals surface area contributed by atoms with Gasteiger partial charge in [-0.05, 0) is 13.3 Å². The molecule has 17 heavy (non-hydrogen) atoms. The van der Waals surface area contributed by atoms with Gasteiger partial charge in [0.1, 0.15) is 6.04 Å². The molecule has 96 valence electrons. The number of piperazine rings is 1. The van der Waals surface area contributed by atoms with Crippen molar-refractivity contribution in [3.8, 4) is 0 Å². The first-order chi connectivity index (χ1) is 8.11. The number of nitrogens with one attached hydrogen (secondary N) is 2. The van der Waals surface area contributed by atoms with Gasteiger partial charge in [0.05, 0.1) is 0 Å². The monoisotopic (exact) mass is 239 g/mol. The number of carbonyl (C=O) groups is 2. The first-order valence-electron chi connectivity index (χ1n) is 6.01. The largest absolute Gasteiger partial charge is 0.357 e. The van der Waals surface area contributed by atoms with E-state index in [0.29, 0.717) is 18.7 Å². The highest BCUT2D eigenvalue weighted by atomic mass is 16.2. The Morgan fingerprint density at radius 1 is 1.53 bits per heavy atom. The lowest BCUT2D eigenvalue weighted by Gasteiger charge is -2.35. The van der Waals surface area contributed by atoms with Crippen molar-refractivity contribution >= 4 is 11.8 Å². The van der Waals surface area contributed by atoms with Crippen LogP contribution in [0, 0.1) is 0 Å². The molecule has 1 fully saturated rings. The Morgan fingerprint density at radius 3 is 2.82 bits per heavy atom. The summed E-state index contributed by atoms with van der Waals surface area (Å²) in [4.78, 5) is 25.5. The number of rotatable bonds is 3. The van der Waals surface area contributed by atoms with Gasteiger partial charge in [0.25, 0.3) is 0 Å². The minimum atomic E-state index is -0.401. The fourth-order valence-electron chi connectivity index (χ4n) is 1.97. The molecule has 5 heteroatoms. The zero-order valence-electron chi connectivity index (χ0n) is 10.7. The highest BCUT2D eigenvalue weighted by molar-refractivity contribution is 5.96. The van der Waals surface area contributed by atoms with Crippen LogP contribution in [0.1, 0.15) is 20.3 Å². The third-order valence-corrected chi connectivity index (χ3v) is 2.90. The molecule has 5 nitrogen and oxygen atoms in total. The van der Waals surface area contributed by atoms with Gasteiger partial charge in [0.15, 0.2) is 0 Å². The normalized spacial score (nSPS) is 21.2. The number of nitrogens with zero attached hydrogens (tertiary/aromatic N) is 1. The smallest absolute Gasteiger partial charge is 0.249 e. The molecule has 0 aromatic carbocycles. The van der Waals surface area contributed by atoms with Crippen LogP contribution in [0.2, 0.25) is 0 Å². The predicted octanol–water partition coefficient (Wildman–Crippen LogP) is -0.111. The summed E-state index contributed by atoms with van der Waals surface area (Å²) >= 11 is 0. The Kier molecular flexibility index (Phi) is 5.15. The number of likely N-dealkylation sites (N-methyl/N-ethyl adjacent to an activating group) is 1. The second-order valence-corrected chi connectivity index (χ2v) is 4.13. The van der Waals surface area contributed by atoms with E-state index in [0.717, 1.165) is 13.0 Å². The number of hydrogen-bond acceptors (Lipinski definition) is 3. The van der Waals surface area contributed by atoms with Crippen molar-refractivity contribution in [2.24, 2.45) is 0 Å². The Labute approximate surface area is 102 Å². The van der Waals surface area contributed by atoms with Crippen molar-refractivity contribution in [1.29, 1.82) is 0 Å². The molecule has 0 spiro atoms. The Bertz CT molecular complexity index is 326. The molecule has 0 bridgehead atoms. The molecule has 1 saturated heterocycles. The second kappa shape index (κ2) is 6.39. The van der Waals surface area contributed by atoms with E-state index in [1.165, 1.54) is 0 Å². The van der Waals surface area contributed by atoms with Crippen molar-refractivity contribution in [3.63, 3.8) is 0 Å². The molecule has 0 aromatic rings. The van der Waals surface area contributed by atoms with Crippen LogP contribution < -0.4 is 10.6 Å². The average molecular weight is 239 g/mol. The maximum atomic E-state index is 12.2. The van der Waals surface area contributed by atoms with Crippen LogP contribution in [0.3, 0.4) is 0 Å². The van der Waals surface area contributed by atoms with E-state index in [-0.39, 0.29) is 11.8 Å². The summed E-state index contributed by atoms with van der Waals surface area (Å²) in [6.07, 6.45) is 2.72. The summed E-state index contributed by atoms with van der Waals surface area (Å²) in [5.41, 5.74) is 0.711. The molecule has 0 saturated carbocycles. The van der Waals surface area contributed by atoms with E-state index in [9.17, 15) is 9.59 Å². The van der Waals surface area contributed by atoms with Crippen molar-refractivity contribution in [2.45, 2.75) is 26.3 Å². The van der Waals surface area contributed by atoms with E-state index in [1.807, 2.05) is 13.0 Å². The van der Waals surface area contributed by atoms with Crippen LogP contribution in [0.5, 0.6) is 0 Å². The molecule has 1 atom stereocenters. The molecule has 2 amide bonds. The summed E-state index contributed by atoms with van der Waals surface area (Å²) < 4.78 is 0. The molecular weight excluding hydrogens is 218 g/mol. The van der Waals surface area contributed by atoms with Crippen molar-refractivity contribution in [2.75, 3.05) is 26.7 Å². The molecule has 1 unspecified atom stereocenters. The molecule has 0 radical (unpaired) electrons.